The van der Waals surface area contributed by atoms with Crippen molar-refractivity contribution in [2.24, 2.45) is 0 Å². The van der Waals surface area contributed by atoms with E-state index >= 15 is 0 Å². The largest absolute Gasteiger partial charge is 0.380 e. The number of rotatable bonds is 3. The van der Waals surface area contributed by atoms with Crippen LogP contribution in [0, 0.1) is 5.82 Å². The Labute approximate surface area is 138 Å². The molecule has 1 aromatic rings. The molecular formula is C16H20BrClFNO. The molecular weight excluding hydrogens is 357 g/mol. The van der Waals surface area contributed by atoms with E-state index in [1.54, 1.807) is 0 Å². The number of halogens is 3. The summed E-state index contributed by atoms with van der Waals surface area (Å²) < 4.78 is 20.2. The second-order valence-corrected chi connectivity index (χ2v) is 7.41. The molecule has 1 N–H and O–H groups in total. The predicted molar refractivity (Wildman–Crippen MR) is 87.5 cm³/mol. The quantitative estimate of drug-likeness (QED) is 0.748. The molecule has 21 heavy (non-hydrogen) atoms. The first-order chi connectivity index (χ1) is 10.1. The van der Waals surface area contributed by atoms with Gasteiger partial charge in [-0.3, -0.25) is 0 Å². The van der Waals surface area contributed by atoms with Crippen molar-refractivity contribution in [3.63, 3.8) is 0 Å². The molecule has 116 valence electrons. The van der Waals surface area contributed by atoms with Crippen LogP contribution in [0.25, 0.3) is 0 Å². The van der Waals surface area contributed by atoms with Crippen LogP contribution in [0.4, 0.5) is 10.1 Å². The minimum Gasteiger partial charge on any atom is -0.380 e. The Morgan fingerprint density at radius 3 is 2.76 bits per heavy atom. The molecule has 1 heterocycles. The summed E-state index contributed by atoms with van der Waals surface area (Å²) in [4.78, 5) is 0. The van der Waals surface area contributed by atoms with Crippen molar-refractivity contribution in [3.8, 4) is 0 Å². The zero-order valence-electron chi connectivity index (χ0n) is 11.9. The van der Waals surface area contributed by atoms with Crippen LogP contribution in [0.2, 0.25) is 5.02 Å². The van der Waals surface area contributed by atoms with Gasteiger partial charge in [0, 0.05) is 11.0 Å². The van der Waals surface area contributed by atoms with Gasteiger partial charge in [-0.1, -0.05) is 30.9 Å². The number of nitrogens with one attached hydrogen (secondary N) is 1. The average Bonchev–Trinajstić information content (AvgIpc) is 2.81. The third-order valence-corrected chi connectivity index (χ3v) is 5.54. The number of hydrogen-bond acceptors (Lipinski definition) is 2. The van der Waals surface area contributed by atoms with Gasteiger partial charge in [0.15, 0.2) is 0 Å². The summed E-state index contributed by atoms with van der Waals surface area (Å²) in [6.45, 7) is 0.714. The minimum atomic E-state index is -0.337. The monoisotopic (exact) mass is 375 g/mol. The van der Waals surface area contributed by atoms with E-state index in [1.165, 1.54) is 44.2 Å². The fraction of sp³-hybridized carbons (Fsp3) is 0.625. The van der Waals surface area contributed by atoms with Gasteiger partial charge in [-0.15, -0.1) is 0 Å². The molecule has 1 aromatic carbocycles. The minimum absolute atomic E-state index is 0.133. The number of ether oxygens (including phenoxy) is 1. The molecule has 2 fully saturated rings. The number of anilines is 1. The second-order valence-electron chi connectivity index (χ2n) is 6.15. The van der Waals surface area contributed by atoms with E-state index in [1.807, 2.05) is 0 Å². The van der Waals surface area contributed by atoms with Gasteiger partial charge < -0.3 is 10.1 Å². The molecule has 1 aliphatic heterocycles. The van der Waals surface area contributed by atoms with Crippen molar-refractivity contribution in [2.45, 2.75) is 56.7 Å². The second kappa shape index (κ2) is 6.43. The fourth-order valence-corrected chi connectivity index (χ4v) is 4.49. The number of benzene rings is 1. The Bertz CT molecular complexity index is 496. The smallest absolute Gasteiger partial charge is 0.125 e. The Balaban J connectivity index is 1.59. The van der Waals surface area contributed by atoms with Gasteiger partial charge >= 0.3 is 0 Å². The highest BCUT2D eigenvalue weighted by atomic mass is 79.9. The van der Waals surface area contributed by atoms with Crippen LogP contribution in [-0.2, 0) is 4.74 Å². The predicted octanol–water partition coefficient (Wildman–Crippen LogP) is 5.54. The lowest BCUT2D eigenvalue weighted by molar-refractivity contribution is -0.0588. The third kappa shape index (κ3) is 3.54. The van der Waals surface area contributed by atoms with Crippen LogP contribution in [0.15, 0.2) is 16.6 Å². The lowest BCUT2D eigenvalue weighted by Gasteiger charge is -2.33. The molecule has 0 radical (unpaired) electrons. The molecule has 1 saturated heterocycles. The molecule has 2 aliphatic rings. The van der Waals surface area contributed by atoms with Crippen molar-refractivity contribution >= 4 is 33.2 Å². The van der Waals surface area contributed by atoms with Gasteiger partial charge in [0.1, 0.15) is 5.82 Å². The summed E-state index contributed by atoms with van der Waals surface area (Å²) in [5.74, 6) is -0.337. The summed E-state index contributed by atoms with van der Waals surface area (Å²) in [6.07, 6.45) is 8.78. The zero-order valence-corrected chi connectivity index (χ0v) is 14.3. The molecule has 1 atom stereocenters. The van der Waals surface area contributed by atoms with Crippen molar-refractivity contribution < 1.29 is 9.13 Å². The van der Waals surface area contributed by atoms with Gasteiger partial charge in [0.25, 0.3) is 0 Å². The van der Waals surface area contributed by atoms with E-state index in [0.29, 0.717) is 16.0 Å². The number of hydrogen-bond donors (Lipinski definition) is 1. The van der Waals surface area contributed by atoms with E-state index in [0.717, 1.165) is 18.5 Å². The summed E-state index contributed by atoms with van der Waals surface area (Å²) in [6, 6.07) is 2.75. The summed E-state index contributed by atoms with van der Waals surface area (Å²) in [5, 5.41) is 3.70. The maximum atomic E-state index is 13.2. The van der Waals surface area contributed by atoms with Crippen LogP contribution in [0.5, 0.6) is 0 Å². The van der Waals surface area contributed by atoms with E-state index in [-0.39, 0.29) is 17.5 Å². The van der Waals surface area contributed by atoms with Crippen molar-refractivity contribution in [2.75, 3.05) is 11.9 Å². The molecule has 1 spiro atoms. The first-order valence-electron chi connectivity index (χ1n) is 7.64. The van der Waals surface area contributed by atoms with E-state index < -0.39 is 0 Å². The highest BCUT2D eigenvalue weighted by molar-refractivity contribution is 9.10. The summed E-state index contributed by atoms with van der Waals surface area (Å²) in [7, 11) is 0. The van der Waals surface area contributed by atoms with Crippen molar-refractivity contribution in [3.05, 3.63) is 27.4 Å². The van der Waals surface area contributed by atoms with Gasteiger partial charge in [-0.25, -0.2) is 4.39 Å². The lowest BCUT2D eigenvalue weighted by Crippen LogP contribution is -2.33. The summed E-state index contributed by atoms with van der Waals surface area (Å²) >= 11 is 9.44. The fourth-order valence-electron chi connectivity index (χ4n) is 3.53. The van der Waals surface area contributed by atoms with Crippen LogP contribution < -0.4 is 5.32 Å². The standard InChI is InChI=1S/C16H20BrClFNO/c17-13-8-11(19)9-14(18)15(13)20-10-12-4-7-16(21-12)5-2-1-3-6-16/h8-9,12,20H,1-7,10H2. The van der Waals surface area contributed by atoms with Gasteiger partial charge in [0.2, 0.25) is 0 Å². The molecule has 0 aromatic heterocycles. The van der Waals surface area contributed by atoms with Crippen molar-refractivity contribution in [1.29, 1.82) is 0 Å². The molecule has 0 bridgehead atoms. The lowest BCUT2D eigenvalue weighted by atomic mass is 9.83. The van der Waals surface area contributed by atoms with Crippen LogP contribution in [0.1, 0.15) is 44.9 Å². The third-order valence-electron chi connectivity index (χ3n) is 4.62. The normalized spacial score (nSPS) is 24.4. The van der Waals surface area contributed by atoms with E-state index in [9.17, 15) is 4.39 Å². The average molecular weight is 377 g/mol. The van der Waals surface area contributed by atoms with E-state index in [2.05, 4.69) is 21.2 Å². The zero-order chi connectivity index (χ0) is 14.9. The molecule has 0 amide bonds. The molecule has 2 nitrogen and oxygen atoms in total. The van der Waals surface area contributed by atoms with Crippen LogP contribution >= 0.6 is 27.5 Å². The molecule has 5 heteroatoms. The molecule has 1 aliphatic carbocycles. The molecule has 1 saturated carbocycles. The molecule has 1 unspecified atom stereocenters. The van der Waals surface area contributed by atoms with Crippen LogP contribution in [-0.4, -0.2) is 18.2 Å². The van der Waals surface area contributed by atoms with Gasteiger partial charge in [-0.05, 0) is 53.7 Å². The SMILES string of the molecule is Fc1cc(Cl)c(NCC2CCC3(CCCCC3)O2)c(Br)c1. The van der Waals surface area contributed by atoms with Gasteiger partial charge in [0.05, 0.1) is 22.4 Å². The maximum Gasteiger partial charge on any atom is 0.125 e. The Morgan fingerprint density at radius 1 is 1.29 bits per heavy atom. The molecule has 3 rings (SSSR count). The van der Waals surface area contributed by atoms with E-state index in [4.69, 9.17) is 16.3 Å². The van der Waals surface area contributed by atoms with Gasteiger partial charge in [-0.2, -0.15) is 0 Å². The highest BCUT2D eigenvalue weighted by Gasteiger charge is 2.40. The first kappa shape index (κ1) is 15.6. The van der Waals surface area contributed by atoms with Crippen LogP contribution in [0.3, 0.4) is 0 Å². The topological polar surface area (TPSA) is 21.3 Å². The van der Waals surface area contributed by atoms with Crippen molar-refractivity contribution in [1.82, 2.24) is 0 Å². The Kier molecular flexibility index (Phi) is 4.77. The Hall–Kier alpha value is -0.320. The maximum absolute atomic E-state index is 13.2. The first-order valence-corrected chi connectivity index (χ1v) is 8.81. The summed E-state index contributed by atoms with van der Waals surface area (Å²) in [5.41, 5.74) is 0.875. The highest BCUT2D eigenvalue weighted by Crippen LogP contribution is 2.42. The Morgan fingerprint density at radius 2 is 2.05 bits per heavy atom.